The monoisotopic (exact) mass is 162 g/mol. The summed E-state index contributed by atoms with van der Waals surface area (Å²) in [5.41, 5.74) is 2.67. The summed E-state index contributed by atoms with van der Waals surface area (Å²) in [6.07, 6.45) is 0. The Bertz CT molecular complexity index is 307. The molecule has 3 heteroatoms. The Balaban J connectivity index is 3.13. The first kappa shape index (κ1) is 8.85. The van der Waals surface area contributed by atoms with Crippen molar-refractivity contribution < 1.29 is 9.53 Å². The lowest BCUT2D eigenvalue weighted by Crippen LogP contribution is -2.16. The van der Waals surface area contributed by atoms with Crippen LogP contribution in [0.2, 0.25) is 0 Å². The normalized spacial score (nSPS) is 9.50. The quantitative estimate of drug-likeness (QED) is 0.430. The number of esters is 1. The van der Waals surface area contributed by atoms with E-state index in [-0.39, 0.29) is 5.97 Å². The first-order valence-corrected chi connectivity index (χ1v) is 3.80. The second-order valence-corrected chi connectivity index (χ2v) is 2.81. The smallest absolute Gasteiger partial charge is 0.337 e. The van der Waals surface area contributed by atoms with Crippen molar-refractivity contribution in [1.82, 2.24) is 0 Å². The molecule has 1 aromatic carbocycles. The zero-order valence-corrected chi connectivity index (χ0v) is 7.55. The van der Waals surface area contributed by atoms with Gasteiger partial charge in [0.2, 0.25) is 0 Å². The second kappa shape index (κ2) is 3.43. The Labute approximate surface area is 73.0 Å². The summed E-state index contributed by atoms with van der Waals surface area (Å²) >= 11 is 0. The molecule has 0 unspecified atom stereocenters. The van der Waals surface area contributed by atoms with E-state index in [9.17, 15) is 4.79 Å². The zero-order chi connectivity index (χ0) is 9.14. The molecule has 0 spiro atoms. The molecule has 62 valence electrons. The fraction of sp³-hybridized carbons (Fsp3) is 0.222. The van der Waals surface area contributed by atoms with Gasteiger partial charge in [0.15, 0.2) is 0 Å². The summed E-state index contributed by atoms with van der Waals surface area (Å²) in [5, 5.41) is 0. The molecule has 1 aromatic rings. The molecule has 12 heavy (non-hydrogen) atoms. The molecule has 2 nitrogen and oxygen atoms in total. The predicted molar refractivity (Wildman–Crippen MR) is 50.7 cm³/mol. The average molecular weight is 162 g/mol. The Morgan fingerprint density at radius 2 is 2.17 bits per heavy atom. The summed E-state index contributed by atoms with van der Waals surface area (Å²) in [4.78, 5) is 11.2. The molecule has 0 N–H and O–H groups in total. The average Bonchev–Trinajstić information content (AvgIpc) is 2.08. The van der Waals surface area contributed by atoms with Crippen LogP contribution in [0.5, 0.6) is 0 Å². The lowest BCUT2D eigenvalue weighted by atomic mass is 9.89. The Morgan fingerprint density at radius 3 is 2.75 bits per heavy atom. The number of carbonyl (C=O) groups is 1. The lowest BCUT2D eigenvalue weighted by molar-refractivity contribution is 0.0602. The SMILES string of the molecule is Bc1ccc(C)cc1C(=O)OC. The fourth-order valence-electron chi connectivity index (χ4n) is 1.07. The second-order valence-electron chi connectivity index (χ2n) is 2.81. The van der Waals surface area contributed by atoms with Gasteiger partial charge in [0.05, 0.1) is 12.7 Å². The first-order valence-electron chi connectivity index (χ1n) is 3.80. The van der Waals surface area contributed by atoms with Crippen LogP contribution in [0.1, 0.15) is 15.9 Å². The van der Waals surface area contributed by atoms with E-state index in [1.807, 2.05) is 33.0 Å². The lowest BCUT2D eigenvalue weighted by Gasteiger charge is -2.03. The van der Waals surface area contributed by atoms with Gasteiger partial charge in [-0.1, -0.05) is 23.2 Å². The van der Waals surface area contributed by atoms with Gasteiger partial charge >= 0.3 is 5.97 Å². The molecule has 0 aliphatic heterocycles. The van der Waals surface area contributed by atoms with Gasteiger partial charge in [-0.05, 0) is 13.0 Å². The van der Waals surface area contributed by atoms with E-state index < -0.39 is 0 Å². The number of ether oxygens (including phenoxy) is 1. The molecule has 0 saturated heterocycles. The number of rotatable bonds is 1. The fourth-order valence-corrected chi connectivity index (χ4v) is 1.07. The van der Waals surface area contributed by atoms with Crippen LogP contribution in [0.3, 0.4) is 0 Å². The molecule has 1 rings (SSSR count). The first-order chi connectivity index (χ1) is 5.65. The summed E-state index contributed by atoms with van der Waals surface area (Å²) in [7, 11) is 3.29. The van der Waals surface area contributed by atoms with E-state index >= 15 is 0 Å². The number of carbonyl (C=O) groups excluding carboxylic acids is 1. The summed E-state index contributed by atoms with van der Waals surface area (Å²) < 4.78 is 4.63. The topological polar surface area (TPSA) is 26.3 Å². The summed E-state index contributed by atoms with van der Waals surface area (Å²) in [5.74, 6) is -0.267. The van der Waals surface area contributed by atoms with Crippen molar-refractivity contribution in [2.75, 3.05) is 7.11 Å². The Morgan fingerprint density at radius 1 is 1.50 bits per heavy atom. The maximum Gasteiger partial charge on any atom is 0.337 e. The van der Waals surface area contributed by atoms with E-state index in [1.54, 1.807) is 0 Å². The molecule has 0 heterocycles. The molecular weight excluding hydrogens is 151 g/mol. The highest BCUT2D eigenvalue weighted by atomic mass is 16.5. The van der Waals surface area contributed by atoms with Crippen LogP contribution >= 0.6 is 0 Å². The maximum atomic E-state index is 11.2. The van der Waals surface area contributed by atoms with E-state index in [1.165, 1.54) is 7.11 Å². The van der Waals surface area contributed by atoms with Crippen molar-refractivity contribution in [3.63, 3.8) is 0 Å². The molecule has 0 bridgehead atoms. The van der Waals surface area contributed by atoms with Crippen LogP contribution in [0, 0.1) is 6.92 Å². The molecule has 0 radical (unpaired) electrons. The molecule has 0 atom stereocenters. The third kappa shape index (κ3) is 1.67. The molecule has 0 aliphatic carbocycles. The van der Waals surface area contributed by atoms with E-state index in [0.717, 1.165) is 11.0 Å². The van der Waals surface area contributed by atoms with Crippen LogP contribution in [0.25, 0.3) is 0 Å². The van der Waals surface area contributed by atoms with Crippen molar-refractivity contribution in [2.24, 2.45) is 0 Å². The maximum absolute atomic E-state index is 11.2. The van der Waals surface area contributed by atoms with Crippen molar-refractivity contribution in [2.45, 2.75) is 6.92 Å². The Hall–Kier alpha value is -1.25. The van der Waals surface area contributed by atoms with Crippen molar-refractivity contribution in [1.29, 1.82) is 0 Å². The molecule has 0 amide bonds. The summed E-state index contributed by atoms with van der Waals surface area (Å²) in [6, 6.07) is 5.73. The highest BCUT2D eigenvalue weighted by molar-refractivity contribution is 6.36. The molecule has 0 fully saturated rings. The van der Waals surface area contributed by atoms with Gasteiger partial charge in [0.25, 0.3) is 0 Å². The standard InChI is InChI=1S/C9H11BO2/c1-6-3-4-8(10)7(5-6)9(11)12-2/h3-5H,10H2,1-2H3. The number of hydrogen-bond donors (Lipinski definition) is 0. The largest absolute Gasteiger partial charge is 0.465 e. The predicted octanol–water partition coefficient (Wildman–Crippen LogP) is 0.0400. The van der Waals surface area contributed by atoms with E-state index in [2.05, 4.69) is 4.74 Å². The summed E-state index contributed by atoms with van der Waals surface area (Å²) in [6.45, 7) is 1.95. The van der Waals surface area contributed by atoms with Gasteiger partial charge in [-0.3, -0.25) is 0 Å². The number of methoxy groups -OCH3 is 1. The molecule has 0 aromatic heterocycles. The third-order valence-corrected chi connectivity index (χ3v) is 1.80. The van der Waals surface area contributed by atoms with Crippen LogP contribution in [0.15, 0.2) is 18.2 Å². The minimum absolute atomic E-state index is 0.267. The minimum atomic E-state index is -0.267. The van der Waals surface area contributed by atoms with Crippen LogP contribution in [0.4, 0.5) is 0 Å². The van der Waals surface area contributed by atoms with Gasteiger partial charge in [-0.15, -0.1) is 0 Å². The van der Waals surface area contributed by atoms with Crippen LogP contribution < -0.4 is 5.46 Å². The number of benzene rings is 1. The van der Waals surface area contributed by atoms with Crippen molar-refractivity contribution in [3.05, 3.63) is 29.3 Å². The highest BCUT2D eigenvalue weighted by Crippen LogP contribution is 2.01. The van der Waals surface area contributed by atoms with Gasteiger partial charge in [0, 0.05) is 0 Å². The van der Waals surface area contributed by atoms with Gasteiger partial charge in [-0.2, -0.15) is 0 Å². The number of hydrogen-bond acceptors (Lipinski definition) is 2. The highest BCUT2D eigenvalue weighted by Gasteiger charge is 2.07. The van der Waals surface area contributed by atoms with E-state index in [4.69, 9.17) is 0 Å². The van der Waals surface area contributed by atoms with Gasteiger partial charge in [-0.25, -0.2) is 4.79 Å². The molecular formula is C9H11BO2. The molecule has 0 aliphatic rings. The van der Waals surface area contributed by atoms with Crippen molar-refractivity contribution >= 4 is 19.3 Å². The van der Waals surface area contributed by atoms with Crippen molar-refractivity contribution in [3.8, 4) is 0 Å². The Kier molecular flexibility index (Phi) is 2.53. The van der Waals surface area contributed by atoms with Gasteiger partial charge < -0.3 is 4.74 Å². The number of aryl methyl sites for hydroxylation is 1. The van der Waals surface area contributed by atoms with Crippen LogP contribution in [-0.2, 0) is 4.74 Å². The van der Waals surface area contributed by atoms with Crippen LogP contribution in [-0.4, -0.2) is 20.9 Å². The zero-order valence-electron chi connectivity index (χ0n) is 7.55. The minimum Gasteiger partial charge on any atom is -0.465 e. The van der Waals surface area contributed by atoms with Gasteiger partial charge in [0.1, 0.15) is 7.85 Å². The molecule has 0 saturated carbocycles. The van der Waals surface area contributed by atoms with E-state index in [0.29, 0.717) is 5.56 Å². The third-order valence-electron chi connectivity index (χ3n) is 1.80.